The molecule has 2 atom stereocenters. The van der Waals surface area contributed by atoms with E-state index in [1.165, 1.54) is 0 Å². The number of carbonyl (C=O) groups is 2. The molecular weight excluding hydrogens is 318 g/mol. The lowest BCUT2D eigenvalue weighted by Gasteiger charge is -2.33. The van der Waals surface area contributed by atoms with E-state index in [1.54, 1.807) is 28.1 Å². The van der Waals surface area contributed by atoms with E-state index in [4.69, 9.17) is 0 Å². The zero-order valence-corrected chi connectivity index (χ0v) is 13.7. The largest absolute Gasteiger partial charge is 0.391 e. The number of para-hydroxylation sites is 1. The molecule has 0 saturated carbocycles. The Morgan fingerprint density at radius 2 is 1.88 bits per heavy atom. The average Bonchev–Trinajstić information content (AvgIpc) is 3.03. The van der Waals surface area contributed by atoms with Gasteiger partial charge in [-0.25, -0.2) is 4.98 Å². The molecule has 1 N–H and O–H groups in total. The van der Waals surface area contributed by atoms with Crippen LogP contribution in [0, 0.1) is 5.92 Å². The molecule has 0 bridgehead atoms. The monoisotopic (exact) mass is 337 g/mol. The number of aliphatic hydroxyl groups excluding tert-OH is 1. The third-order valence-corrected chi connectivity index (χ3v) is 4.80. The number of hydrogen-bond acceptors (Lipinski definition) is 4. The van der Waals surface area contributed by atoms with Gasteiger partial charge in [0.15, 0.2) is 0 Å². The maximum atomic E-state index is 13.0. The number of pyridine rings is 1. The van der Waals surface area contributed by atoms with Crippen molar-refractivity contribution in [2.45, 2.75) is 18.9 Å². The highest BCUT2D eigenvalue weighted by molar-refractivity contribution is 6.04. The second-order valence-corrected chi connectivity index (χ2v) is 6.53. The van der Waals surface area contributed by atoms with Crippen molar-refractivity contribution in [3.8, 4) is 0 Å². The molecule has 0 spiro atoms. The lowest BCUT2D eigenvalue weighted by molar-refractivity contribution is -0.124. The van der Waals surface area contributed by atoms with E-state index in [1.807, 2.05) is 30.3 Å². The van der Waals surface area contributed by atoms with Gasteiger partial charge in [-0.3, -0.25) is 14.5 Å². The number of carbonyl (C=O) groups excluding carboxylic acids is 2. The van der Waals surface area contributed by atoms with Crippen molar-refractivity contribution >= 4 is 23.3 Å². The number of anilines is 2. The van der Waals surface area contributed by atoms with Crippen LogP contribution in [0.3, 0.4) is 0 Å². The Morgan fingerprint density at radius 3 is 2.68 bits per heavy atom. The van der Waals surface area contributed by atoms with Gasteiger partial charge in [-0.05, 0) is 23.8 Å². The summed E-state index contributed by atoms with van der Waals surface area (Å²) in [5, 5.41) is 10.1. The molecule has 1 aromatic heterocycles. The summed E-state index contributed by atoms with van der Waals surface area (Å²) in [6, 6.07) is 13.0. The maximum Gasteiger partial charge on any atom is 0.232 e. The van der Waals surface area contributed by atoms with Crippen LogP contribution in [0.4, 0.5) is 11.5 Å². The van der Waals surface area contributed by atoms with Crippen molar-refractivity contribution in [1.29, 1.82) is 0 Å². The smallest absolute Gasteiger partial charge is 0.232 e. The van der Waals surface area contributed by atoms with Crippen LogP contribution in [-0.2, 0) is 16.0 Å². The first-order valence-corrected chi connectivity index (χ1v) is 8.42. The Hall–Kier alpha value is -2.73. The fourth-order valence-corrected chi connectivity index (χ4v) is 3.61. The summed E-state index contributed by atoms with van der Waals surface area (Å²) in [5.41, 5.74) is 1.79. The molecule has 0 radical (unpaired) electrons. The Balaban J connectivity index is 1.57. The van der Waals surface area contributed by atoms with Crippen LogP contribution in [0.1, 0.15) is 12.0 Å². The number of nitrogens with zero attached hydrogens (tertiary/aromatic N) is 3. The molecule has 1 fully saturated rings. The third kappa shape index (κ3) is 2.89. The zero-order chi connectivity index (χ0) is 17.4. The van der Waals surface area contributed by atoms with Gasteiger partial charge < -0.3 is 10.0 Å². The highest BCUT2D eigenvalue weighted by Gasteiger charge is 2.39. The average molecular weight is 337 g/mol. The van der Waals surface area contributed by atoms with Crippen LogP contribution in [0.5, 0.6) is 0 Å². The summed E-state index contributed by atoms with van der Waals surface area (Å²) in [6.45, 7) is 0.591. The molecule has 1 saturated heterocycles. The van der Waals surface area contributed by atoms with Crippen molar-refractivity contribution in [2.75, 3.05) is 22.9 Å². The molecular formula is C19H19N3O3. The lowest BCUT2D eigenvalue weighted by atomic mass is 9.97. The predicted molar refractivity (Wildman–Crippen MR) is 93.2 cm³/mol. The summed E-state index contributed by atoms with van der Waals surface area (Å²) in [4.78, 5) is 32.8. The molecule has 2 aliphatic rings. The number of benzene rings is 1. The van der Waals surface area contributed by atoms with Crippen molar-refractivity contribution < 1.29 is 14.7 Å². The molecule has 6 nitrogen and oxygen atoms in total. The summed E-state index contributed by atoms with van der Waals surface area (Å²) in [5.74, 6) is -0.0596. The molecule has 6 heteroatoms. The van der Waals surface area contributed by atoms with Crippen LogP contribution in [-0.4, -0.2) is 41.1 Å². The molecule has 2 aromatic rings. The Morgan fingerprint density at radius 1 is 1.08 bits per heavy atom. The first kappa shape index (κ1) is 15.8. The van der Waals surface area contributed by atoms with Gasteiger partial charge in [-0.2, -0.15) is 0 Å². The SMILES string of the molecule is O=C1CC(C(=O)N2CC(O)Cc3ccccc32)CN1c1ccccn1. The fourth-order valence-electron chi connectivity index (χ4n) is 3.61. The van der Waals surface area contributed by atoms with Crippen molar-refractivity contribution in [1.82, 2.24) is 4.98 Å². The van der Waals surface area contributed by atoms with Gasteiger partial charge in [0.2, 0.25) is 11.8 Å². The quantitative estimate of drug-likeness (QED) is 0.899. The minimum Gasteiger partial charge on any atom is -0.391 e. The van der Waals surface area contributed by atoms with E-state index < -0.39 is 12.0 Å². The Bertz CT molecular complexity index is 809. The number of rotatable bonds is 2. The van der Waals surface area contributed by atoms with Gasteiger partial charge in [0, 0.05) is 31.3 Å². The molecule has 0 aliphatic carbocycles. The summed E-state index contributed by atoms with van der Waals surface area (Å²) >= 11 is 0. The molecule has 1 aromatic carbocycles. The van der Waals surface area contributed by atoms with E-state index >= 15 is 0 Å². The van der Waals surface area contributed by atoms with Gasteiger partial charge >= 0.3 is 0 Å². The van der Waals surface area contributed by atoms with Crippen LogP contribution in [0.15, 0.2) is 48.7 Å². The van der Waals surface area contributed by atoms with E-state index in [-0.39, 0.29) is 24.8 Å². The van der Waals surface area contributed by atoms with Crippen molar-refractivity contribution in [3.05, 3.63) is 54.2 Å². The number of fused-ring (bicyclic) bond motifs is 1. The fraction of sp³-hybridized carbons (Fsp3) is 0.316. The molecule has 4 rings (SSSR count). The van der Waals surface area contributed by atoms with Crippen LogP contribution in [0.25, 0.3) is 0 Å². The minimum absolute atomic E-state index is 0.0945. The first-order chi connectivity index (χ1) is 12.1. The number of β-amino-alcohol motifs (C(OH)–C–C–N with tert-alkyl or cyclic N) is 1. The van der Waals surface area contributed by atoms with E-state index in [0.717, 1.165) is 11.3 Å². The highest BCUT2D eigenvalue weighted by atomic mass is 16.3. The molecule has 25 heavy (non-hydrogen) atoms. The van der Waals surface area contributed by atoms with Crippen molar-refractivity contribution in [2.24, 2.45) is 5.92 Å². The van der Waals surface area contributed by atoms with Gasteiger partial charge in [0.05, 0.1) is 18.6 Å². The topological polar surface area (TPSA) is 73.7 Å². The summed E-state index contributed by atoms with van der Waals surface area (Å²) in [7, 11) is 0. The molecule has 2 amide bonds. The molecule has 3 heterocycles. The normalized spacial score (nSPS) is 22.8. The number of aromatic nitrogens is 1. The standard InChI is InChI=1S/C19H19N3O3/c23-15-9-13-5-1-2-6-16(13)21(12-15)19(25)14-10-18(24)22(11-14)17-7-3-4-8-20-17/h1-8,14-15,23H,9-12H2. The Kier molecular flexibility index (Phi) is 3.97. The second-order valence-electron chi connectivity index (χ2n) is 6.53. The van der Waals surface area contributed by atoms with Gasteiger partial charge in [-0.15, -0.1) is 0 Å². The third-order valence-electron chi connectivity index (χ3n) is 4.80. The predicted octanol–water partition coefficient (Wildman–Crippen LogP) is 1.38. The lowest BCUT2D eigenvalue weighted by Crippen LogP contribution is -2.45. The maximum absolute atomic E-state index is 13.0. The summed E-state index contributed by atoms with van der Waals surface area (Å²) in [6.07, 6.45) is 1.77. The van der Waals surface area contributed by atoms with E-state index in [2.05, 4.69) is 4.98 Å². The van der Waals surface area contributed by atoms with Crippen LogP contribution < -0.4 is 9.80 Å². The number of aliphatic hydroxyl groups is 1. The second kappa shape index (κ2) is 6.29. The summed E-state index contributed by atoms with van der Waals surface area (Å²) < 4.78 is 0. The number of hydrogen-bond donors (Lipinski definition) is 1. The van der Waals surface area contributed by atoms with E-state index in [0.29, 0.717) is 18.8 Å². The number of amides is 2. The molecule has 2 aliphatic heterocycles. The highest BCUT2D eigenvalue weighted by Crippen LogP contribution is 2.31. The molecule has 2 unspecified atom stereocenters. The van der Waals surface area contributed by atoms with Crippen molar-refractivity contribution in [3.63, 3.8) is 0 Å². The van der Waals surface area contributed by atoms with E-state index in [9.17, 15) is 14.7 Å². The van der Waals surface area contributed by atoms with Crippen LogP contribution >= 0.6 is 0 Å². The van der Waals surface area contributed by atoms with Gasteiger partial charge in [0.25, 0.3) is 0 Å². The zero-order valence-electron chi connectivity index (χ0n) is 13.7. The Labute approximate surface area is 145 Å². The van der Waals surface area contributed by atoms with Crippen LogP contribution in [0.2, 0.25) is 0 Å². The minimum atomic E-state index is -0.581. The first-order valence-electron chi connectivity index (χ1n) is 8.42. The van der Waals surface area contributed by atoms with Gasteiger partial charge in [0.1, 0.15) is 5.82 Å². The molecule has 128 valence electrons. The van der Waals surface area contributed by atoms with Gasteiger partial charge in [-0.1, -0.05) is 24.3 Å².